The van der Waals surface area contributed by atoms with Crippen LogP contribution in [0.5, 0.6) is 0 Å². The molecule has 0 heterocycles. The van der Waals surface area contributed by atoms with Crippen molar-refractivity contribution in [2.24, 2.45) is 0 Å². The molecule has 3 aromatic carbocycles. The van der Waals surface area contributed by atoms with Crippen LogP contribution in [0.25, 0.3) is 0 Å². The van der Waals surface area contributed by atoms with Crippen LogP contribution in [0, 0.1) is 0 Å². The predicted octanol–water partition coefficient (Wildman–Crippen LogP) is 3.48. The zero-order chi connectivity index (χ0) is 20.0. The van der Waals surface area contributed by atoms with Gasteiger partial charge in [-0.25, -0.2) is 17.9 Å². The average molecular weight is 396 g/mol. The Morgan fingerprint density at radius 2 is 1.39 bits per heavy atom. The zero-order valence-corrected chi connectivity index (χ0v) is 15.8. The van der Waals surface area contributed by atoms with E-state index < -0.39 is 16.0 Å². The van der Waals surface area contributed by atoms with E-state index in [4.69, 9.17) is 0 Å². The third-order valence-electron chi connectivity index (χ3n) is 4.15. The molecule has 0 unspecified atom stereocenters. The van der Waals surface area contributed by atoms with Gasteiger partial charge in [0.1, 0.15) is 4.90 Å². The fourth-order valence-electron chi connectivity index (χ4n) is 2.67. The second-order valence-corrected chi connectivity index (χ2v) is 7.90. The second kappa shape index (κ2) is 8.69. The van der Waals surface area contributed by atoms with Crippen LogP contribution in [0.2, 0.25) is 0 Å². The Morgan fingerprint density at radius 1 is 0.821 bits per heavy atom. The molecule has 7 heteroatoms. The number of benzene rings is 3. The van der Waals surface area contributed by atoms with E-state index in [0.717, 1.165) is 11.1 Å². The maximum atomic E-state index is 12.9. The molecule has 0 radical (unpaired) electrons. The molecule has 0 aliphatic rings. The van der Waals surface area contributed by atoms with Gasteiger partial charge in [0.2, 0.25) is 10.0 Å². The molecule has 28 heavy (non-hydrogen) atoms. The smallest absolute Gasteiger partial charge is 0.335 e. The molecule has 144 valence electrons. The molecule has 0 saturated carbocycles. The molecule has 0 atom stereocenters. The SMILES string of the molecule is O=C(O)c1ccc(NCc2ccccc2)c(S(=O)(=O)NCc2ccccc2)c1. The zero-order valence-electron chi connectivity index (χ0n) is 15.0. The molecule has 3 aromatic rings. The molecule has 0 amide bonds. The molecule has 0 aliphatic carbocycles. The summed E-state index contributed by atoms with van der Waals surface area (Å²) in [5.41, 5.74) is 2.03. The molecule has 0 fully saturated rings. The molecule has 6 nitrogen and oxygen atoms in total. The second-order valence-electron chi connectivity index (χ2n) is 6.17. The Labute approximate surface area is 163 Å². The van der Waals surface area contributed by atoms with E-state index >= 15 is 0 Å². The van der Waals surface area contributed by atoms with Crippen molar-refractivity contribution in [1.29, 1.82) is 0 Å². The first-order valence-corrected chi connectivity index (χ1v) is 10.1. The van der Waals surface area contributed by atoms with Gasteiger partial charge in [-0.3, -0.25) is 0 Å². The third-order valence-corrected chi connectivity index (χ3v) is 5.59. The van der Waals surface area contributed by atoms with Crippen molar-refractivity contribution >= 4 is 21.7 Å². The van der Waals surface area contributed by atoms with Crippen LogP contribution < -0.4 is 10.0 Å². The molecule has 0 saturated heterocycles. The van der Waals surface area contributed by atoms with E-state index in [1.165, 1.54) is 18.2 Å². The number of aromatic carboxylic acids is 1. The summed E-state index contributed by atoms with van der Waals surface area (Å²) in [5, 5.41) is 12.3. The lowest BCUT2D eigenvalue weighted by atomic mass is 10.2. The number of hydrogen-bond donors (Lipinski definition) is 3. The monoisotopic (exact) mass is 396 g/mol. The lowest BCUT2D eigenvalue weighted by Gasteiger charge is -2.14. The van der Waals surface area contributed by atoms with Crippen LogP contribution >= 0.6 is 0 Å². The van der Waals surface area contributed by atoms with Gasteiger partial charge in [0.05, 0.1) is 11.3 Å². The van der Waals surface area contributed by atoms with Crippen molar-refractivity contribution in [3.05, 3.63) is 95.6 Å². The highest BCUT2D eigenvalue weighted by atomic mass is 32.2. The fourth-order valence-corrected chi connectivity index (χ4v) is 3.89. The van der Waals surface area contributed by atoms with E-state index in [1.807, 2.05) is 60.7 Å². The third kappa shape index (κ3) is 4.97. The lowest BCUT2D eigenvalue weighted by Crippen LogP contribution is -2.24. The summed E-state index contributed by atoms with van der Waals surface area (Å²) in [7, 11) is -3.93. The van der Waals surface area contributed by atoms with Crippen molar-refractivity contribution in [2.45, 2.75) is 18.0 Å². The standard InChI is InChI=1S/C21H20N2O4S/c24-21(25)18-11-12-19(22-14-16-7-3-1-4-8-16)20(13-18)28(26,27)23-15-17-9-5-2-6-10-17/h1-13,22-23H,14-15H2,(H,24,25). The van der Waals surface area contributed by atoms with Gasteiger partial charge in [-0.05, 0) is 29.3 Å². The van der Waals surface area contributed by atoms with Gasteiger partial charge in [0, 0.05) is 13.1 Å². The van der Waals surface area contributed by atoms with Crippen LogP contribution in [0.3, 0.4) is 0 Å². The first-order valence-electron chi connectivity index (χ1n) is 8.64. The van der Waals surface area contributed by atoms with E-state index in [-0.39, 0.29) is 17.0 Å². The van der Waals surface area contributed by atoms with Gasteiger partial charge in [-0.1, -0.05) is 60.7 Å². The Balaban J connectivity index is 1.87. The highest BCUT2D eigenvalue weighted by molar-refractivity contribution is 7.89. The molecule has 3 rings (SSSR count). The van der Waals surface area contributed by atoms with Crippen molar-refractivity contribution in [1.82, 2.24) is 4.72 Å². The largest absolute Gasteiger partial charge is 0.478 e. The number of rotatable bonds is 8. The Morgan fingerprint density at radius 3 is 1.96 bits per heavy atom. The molecule has 0 spiro atoms. The summed E-state index contributed by atoms with van der Waals surface area (Å²) in [6.45, 7) is 0.521. The van der Waals surface area contributed by atoms with Crippen LogP contribution in [0.1, 0.15) is 21.5 Å². The van der Waals surface area contributed by atoms with Gasteiger partial charge in [0.25, 0.3) is 0 Å². The number of nitrogens with one attached hydrogen (secondary N) is 2. The van der Waals surface area contributed by atoms with E-state index in [1.54, 1.807) is 0 Å². The van der Waals surface area contributed by atoms with Crippen molar-refractivity contribution in [2.75, 3.05) is 5.32 Å². The predicted molar refractivity (Wildman–Crippen MR) is 108 cm³/mol. The van der Waals surface area contributed by atoms with Gasteiger partial charge in [-0.2, -0.15) is 0 Å². The summed E-state index contributed by atoms with van der Waals surface area (Å²) in [6.07, 6.45) is 0. The first kappa shape index (κ1) is 19.6. The number of carbonyl (C=O) groups is 1. The van der Waals surface area contributed by atoms with Gasteiger partial charge >= 0.3 is 5.97 Å². The fraction of sp³-hybridized carbons (Fsp3) is 0.0952. The quantitative estimate of drug-likeness (QED) is 0.542. The molecule has 0 aromatic heterocycles. The molecular formula is C21H20N2O4S. The number of hydrogen-bond acceptors (Lipinski definition) is 4. The van der Waals surface area contributed by atoms with Gasteiger partial charge in [-0.15, -0.1) is 0 Å². The van der Waals surface area contributed by atoms with Crippen LogP contribution in [0.4, 0.5) is 5.69 Å². The summed E-state index contributed by atoms with van der Waals surface area (Å²) < 4.78 is 28.3. The number of anilines is 1. The van der Waals surface area contributed by atoms with Crippen LogP contribution in [-0.2, 0) is 23.1 Å². The molecule has 0 bridgehead atoms. The highest BCUT2D eigenvalue weighted by Crippen LogP contribution is 2.24. The van der Waals surface area contributed by atoms with Gasteiger partial charge in [0.15, 0.2) is 0 Å². The van der Waals surface area contributed by atoms with E-state index in [9.17, 15) is 18.3 Å². The molecule has 3 N–H and O–H groups in total. The van der Waals surface area contributed by atoms with Crippen molar-refractivity contribution in [3.63, 3.8) is 0 Å². The number of carboxylic acid groups (broad SMARTS) is 1. The van der Waals surface area contributed by atoms with E-state index in [0.29, 0.717) is 12.2 Å². The van der Waals surface area contributed by atoms with Crippen LogP contribution in [-0.4, -0.2) is 19.5 Å². The summed E-state index contributed by atoms with van der Waals surface area (Å²) in [5.74, 6) is -1.19. The minimum atomic E-state index is -3.93. The lowest BCUT2D eigenvalue weighted by molar-refractivity contribution is 0.0696. The topological polar surface area (TPSA) is 95.5 Å². The first-order chi connectivity index (χ1) is 13.5. The van der Waals surface area contributed by atoms with E-state index in [2.05, 4.69) is 10.0 Å². The minimum absolute atomic E-state index is 0.0923. The van der Waals surface area contributed by atoms with Crippen molar-refractivity contribution in [3.8, 4) is 0 Å². The molecular weight excluding hydrogens is 376 g/mol. The van der Waals surface area contributed by atoms with Gasteiger partial charge < -0.3 is 10.4 Å². The maximum absolute atomic E-state index is 12.9. The Kier molecular flexibility index (Phi) is 6.08. The minimum Gasteiger partial charge on any atom is -0.478 e. The Hall–Kier alpha value is -3.16. The summed E-state index contributed by atoms with van der Waals surface area (Å²) in [6, 6.07) is 22.7. The average Bonchev–Trinajstić information content (AvgIpc) is 2.72. The number of carboxylic acids is 1. The highest BCUT2D eigenvalue weighted by Gasteiger charge is 2.20. The molecule has 0 aliphatic heterocycles. The van der Waals surface area contributed by atoms with Crippen LogP contribution in [0.15, 0.2) is 83.8 Å². The summed E-state index contributed by atoms with van der Waals surface area (Å²) in [4.78, 5) is 11.2. The van der Waals surface area contributed by atoms with Crippen molar-refractivity contribution < 1.29 is 18.3 Å². The Bertz CT molecular complexity index is 1050. The normalized spacial score (nSPS) is 11.1. The number of sulfonamides is 1. The summed E-state index contributed by atoms with van der Waals surface area (Å²) >= 11 is 0. The maximum Gasteiger partial charge on any atom is 0.335 e.